The van der Waals surface area contributed by atoms with Crippen LogP contribution in [0.2, 0.25) is 0 Å². The monoisotopic (exact) mass is 655 g/mol. The average molecular weight is 656 g/mol. The number of unbranched alkanes of at least 4 members (excludes halogenated alkanes) is 8. The second-order valence-electron chi connectivity index (χ2n) is 12.0. The molecule has 0 bridgehead atoms. The molecular weight excluding hydrogens is 598 g/mol. The summed E-state index contributed by atoms with van der Waals surface area (Å²) >= 11 is 0. The van der Waals surface area contributed by atoms with Gasteiger partial charge in [0.05, 0.1) is 18.8 Å². The Balaban J connectivity index is 1.95. The number of carbonyl (C=O) groups is 1. The smallest absolute Gasteiger partial charge is 0.220 e. The summed E-state index contributed by atoms with van der Waals surface area (Å²) in [5, 5.41) is 74.8. The molecule has 0 radical (unpaired) electrons. The fraction of sp³-hybridized carbons (Fsp3) is 0.967. The van der Waals surface area contributed by atoms with Gasteiger partial charge in [-0.3, -0.25) is 4.79 Å². The van der Waals surface area contributed by atoms with Crippen molar-refractivity contribution in [2.45, 2.75) is 165 Å². The molecule has 2 rings (SSSR count). The van der Waals surface area contributed by atoms with Crippen LogP contribution in [0.4, 0.5) is 0 Å². The first-order chi connectivity index (χ1) is 21.5. The molecule has 15 nitrogen and oxygen atoms in total. The number of aliphatic hydroxyl groups is 7. The van der Waals surface area contributed by atoms with Gasteiger partial charge in [-0.05, 0) is 20.3 Å². The number of methoxy groups -OCH3 is 1. The molecule has 266 valence electrons. The molecule has 0 spiro atoms. The van der Waals surface area contributed by atoms with E-state index >= 15 is 0 Å². The number of hydrogen-bond acceptors (Lipinski definition) is 14. The van der Waals surface area contributed by atoms with Crippen molar-refractivity contribution < 1.29 is 69.0 Å². The van der Waals surface area contributed by atoms with Gasteiger partial charge in [-0.2, -0.15) is 0 Å². The van der Waals surface area contributed by atoms with Gasteiger partial charge in [0.2, 0.25) is 5.91 Å². The quantitative estimate of drug-likeness (QED) is 0.0570. The topological polar surface area (TPSA) is 226 Å². The van der Waals surface area contributed by atoms with E-state index in [1.165, 1.54) is 46.1 Å². The Hall–Kier alpha value is -1.05. The Morgan fingerprint density at radius 2 is 1.51 bits per heavy atom. The standard InChI is InChI=1S/C30H57NO14/c1-5-6-7-8-9-10-11-12-13-14-20(34)31-17(2)21(35)27(30(40-4)42-16-32)45-29-25(39)23(37)26(18(3)43-29)44-28-24(38)22(36)19(33)15-41-28/h17-19,21-30,32-33,35-39H,5-16H2,1-4H3,(H,31,34)/t17?,18-,19-,21?,22?,23?,24?,25-,26?,27?,28+,29+,30?/m1/s1. The highest BCUT2D eigenvalue weighted by Crippen LogP contribution is 2.30. The molecule has 45 heavy (non-hydrogen) atoms. The minimum atomic E-state index is -1.75. The lowest BCUT2D eigenvalue weighted by Gasteiger charge is -2.45. The Morgan fingerprint density at radius 3 is 2.11 bits per heavy atom. The number of aliphatic hydroxyl groups excluding tert-OH is 7. The summed E-state index contributed by atoms with van der Waals surface area (Å²) in [6.07, 6.45) is -7.06. The van der Waals surface area contributed by atoms with Crippen molar-refractivity contribution in [1.29, 1.82) is 0 Å². The molecule has 1 amide bonds. The van der Waals surface area contributed by atoms with Gasteiger partial charge in [0, 0.05) is 13.5 Å². The number of nitrogens with one attached hydrogen (secondary N) is 1. The van der Waals surface area contributed by atoms with Crippen LogP contribution >= 0.6 is 0 Å². The summed E-state index contributed by atoms with van der Waals surface area (Å²) in [5.41, 5.74) is 0. The van der Waals surface area contributed by atoms with Gasteiger partial charge in [0.1, 0.15) is 55.6 Å². The summed E-state index contributed by atoms with van der Waals surface area (Å²) in [6, 6.07) is -0.869. The zero-order valence-electron chi connectivity index (χ0n) is 27.0. The number of hydrogen-bond donors (Lipinski definition) is 8. The van der Waals surface area contributed by atoms with Gasteiger partial charge < -0.3 is 69.5 Å². The Morgan fingerprint density at radius 1 is 0.911 bits per heavy atom. The van der Waals surface area contributed by atoms with Crippen LogP contribution in [0.25, 0.3) is 0 Å². The molecule has 0 saturated carbocycles. The van der Waals surface area contributed by atoms with Crippen molar-refractivity contribution >= 4 is 5.91 Å². The van der Waals surface area contributed by atoms with Gasteiger partial charge in [-0.15, -0.1) is 0 Å². The van der Waals surface area contributed by atoms with Gasteiger partial charge in [0.25, 0.3) is 0 Å². The van der Waals surface area contributed by atoms with Crippen molar-refractivity contribution in [2.24, 2.45) is 0 Å². The fourth-order valence-electron chi connectivity index (χ4n) is 5.48. The predicted octanol–water partition coefficient (Wildman–Crippen LogP) is -0.612. The average Bonchev–Trinajstić information content (AvgIpc) is 3.01. The van der Waals surface area contributed by atoms with Crippen LogP contribution in [0.3, 0.4) is 0 Å². The second kappa shape index (κ2) is 21.0. The number of rotatable bonds is 21. The Bertz CT molecular complexity index is 811. The summed E-state index contributed by atoms with van der Waals surface area (Å²) < 4.78 is 32.9. The lowest BCUT2D eigenvalue weighted by atomic mass is 9.98. The maximum atomic E-state index is 12.6. The molecule has 2 aliphatic heterocycles. The first-order valence-electron chi connectivity index (χ1n) is 16.2. The van der Waals surface area contributed by atoms with Crippen LogP contribution in [-0.2, 0) is 33.2 Å². The van der Waals surface area contributed by atoms with E-state index in [9.17, 15) is 40.5 Å². The molecule has 2 saturated heterocycles. The van der Waals surface area contributed by atoms with E-state index in [1.54, 1.807) is 6.92 Å². The predicted molar refractivity (Wildman–Crippen MR) is 158 cm³/mol. The number of carbonyl (C=O) groups excluding carboxylic acids is 1. The molecule has 8 unspecified atom stereocenters. The molecule has 8 N–H and O–H groups in total. The van der Waals surface area contributed by atoms with Gasteiger partial charge in [0.15, 0.2) is 18.9 Å². The van der Waals surface area contributed by atoms with Crippen LogP contribution in [0.15, 0.2) is 0 Å². The van der Waals surface area contributed by atoms with E-state index in [0.29, 0.717) is 6.42 Å². The summed E-state index contributed by atoms with van der Waals surface area (Å²) in [5.74, 6) is -0.261. The van der Waals surface area contributed by atoms with Crippen LogP contribution in [0.1, 0.15) is 85.0 Å². The van der Waals surface area contributed by atoms with Crippen molar-refractivity contribution in [1.82, 2.24) is 5.32 Å². The zero-order valence-corrected chi connectivity index (χ0v) is 27.0. The summed E-state index contributed by atoms with van der Waals surface area (Å²) in [7, 11) is 1.25. The van der Waals surface area contributed by atoms with Crippen molar-refractivity contribution in [3.05, 3.63) is 0 Å². The molecule has 2 aliphatic rings. The molecule has 2 heterocycles. The molecule has 0 aromatic heterocycles. The lowest BCUT2D eigenvalue weighted by molar-refractivity contribution is -0.362. The van der Waals surface area contributed by atoms with Crippen LogP contribution in [-0.4, -0.2) is 142 Å². The second-order valence-corrected chi connectivity index (χ2v) is 12.0. The van der Waals surface area contributed by atoms with Crippen molar-refractivity contribution in [3.8, 4) is 0 Å². The Labute approximate surface area is 265 Å². The lowest BCUT2D eigenvalue weighted by Crippen LogP contribution is -2.63. The maximum absolute atomic E-state index is 12.6. The van der Waals surface area contributed by atoms with E-state index in [-0.39, 0.29) is 18.9 Å². The van der Waals surface area contributed by atoms with Crippen molar-refractivity contribution in [2.75, 3.05) is 20.5 Å². The highest BCUT2D eigenvalue weighted by atomic mass is 16.8. The molecule has 2 fully saturated rings. The van der Waals surface area contributed by atoms with E-state index in [0.717, 1.165) is 19.3 Å². The fourth-order valence-corrected chi connectivity index (χ4v) is 5.48. The molecule has 0 aromatic carbocycles. The summed E-state index contributed by atoms with van der Waals surface area (Å²) in [6.45, 7) is 4.12. The van der Waals surface area contributed by atoms with Crippen LogP contribution < -0.4 is 5.32 Å². The van der Waals surface area contributed by atoms with E-state index in [2.05, 4.69) is 12.2 Å². The maximum Gasteiger partial charge on any atom is 0.220 e. The molecule has 15 heteroatoms. The zero-order chi connectivity index (χ0) is 33.5. The highest BCUT2D eigenvalue weighted by Gasteiger charge is 2.49. The van der Waals surface area contributed by atoms with E-state index in [1.807, 2.05) is 0 Å². The molecular formula is C30H57NO14. The Kier molecular flexibility index (Phi) is 18.8. The minimum Gasteiger partial charge on any atom is -0.388 e. The number of ether oxygens (including phenoxy) is 6. The third-order valence-corrected chi connectivity index (χ3v) is 8.30. The molecule has 0 aliphatic carbocycles. The number of amides is 1. The normalized spacial score (nSPS) is 33.4. The largest absolute Gasteiger partial charge is 0.388 e. The highest BCUT2D eigenvalue weighted by molar-refractivity contribution is 5.76. The van der Waals surface area contributed by atoms with Crippen LogP contribution in [0.5, 0.6) is 0 Å². The first kappa shape index (κ1) is 40.1. The van der Waals surface area contributed by atoms with E-state index < -0.39 is 86.6 Å². The molecule has 13 atom stereocenters. The third kappa shape index (κ3) is 12.5. The molecule has 0 aromatic rings. The van der Waals surface area contributed by atoms with Gasteiger partial charge in [-0.25, -0.2) is 0 Å². The third-order valence-electron chi connectivity index (χ3n) is 8.30. The summed E-state index contributed by atoms with van der Waals surface area (Å²) in [4.78, 5) is 12.6. The van der Waals surface area contributed by atoms with Crippen molar-refractivity contribution in [3.63, 3.8) is 0 Å². The van der Waals surface area contributed by atoms with Gasteiger partial charge >= 0.3 is 0 Å². The minimum absolute atomic E-state index is 0.261. The first-order valence-corrected chi connectivity index (χ1v) is 16.2. The van der Waals surface area contributed by atoms with Gasteiger partial charge in [-0.1, -0.05) is 58.3 Å². The van der Waals surface area contributed by atoms with E-state index in [4.69, 9.17) is 28.4 Å². The van der Waals surface area contributed by atoms with Crippen LogP contribution in [0, 0.1) is 0 Å². The SMILES string of the molecule is CCCCCCCCCCCC(=O)NC(C)C(O)C(O[C@@H]1O[C@H](C)C(O[C@@H]2OC[C@@H](O)C(O)C2O)C(O)[C@H]1O)C(OC)OCO.